The van der Waals surface area contributed by atoms with Gasteiger partial charge in [-0.05, 0) is 146 Å². The van der Waals surface area contributed by atoms with Gasteiger partial charge in [-0.3, -0.25) is 33.8 Å². The average Bonchev–Trinajstić information content (AvgIpc) is 1.37. The Hall–Kier alpha value is -6.88. The van der Waals surface area contributed by atoms with Gasteiger partial charge in [0.05, 0.1) is 32.8 Å². The SMILES string of the molecule is Cc1ncsc1-c1ccc(CNC(=O)[C@@H]2C[C@@H](O)CN2C(=O)[C@@H](NC(=O)CCCC(=O)N2CCN(CC[C@H](CSc3ccccc3)Nc3ccc(S(=O)(=O)NC(=O)c4ccc(N5CCN(CC6=C(C78CC(C)(C7)C8)CC(C)(C)CC6)CC5)cc4)cc3S(=O)(=O)C(F)(F)F)CC2)C(C)(C)C)cc1. The smallest absolute Gasteiger partial charge is 0.391 e. The van der Waals surface area contributed by atoms with Crippen molar-refractivity contribution in [3.8, 4) is 10.4 Å². The van der Waals surface area contributed by atoms with E-state index in [1.54, 1.807) is 65.8 Å². The summed E-state index contributed by atoms with van der Waals surface area (Å²) < 4.78 is 100. The molecule has 2 bridgehead atoms. The highest BCUT2D eigenvalue weighted by Gasteiger charge is 2.67. The van der Waals surface area contributed by atoms with Crippen LogP contribution in [0.1, 0.15) is 134 Å². The number of benzene rings is 4. The first-order valence-corrected chi connectivity index (χ1v) is 39.8. The third kappa shape index (κ3) is 17.9. The van der Waals surface area contributed by atoms with Gasteiger partial charge in [0.2, 0.25) is 23.6 Å². The zero-order valence-corrected chi connectivity index (χ0v) is 61.9. The van der Waals surface area contributed by atoms with E-state index in [2.05, 4.69) is 56.4 Å². The molecule has 4 atom stereocenters. The lowest BCUT2D eigenvalue weighted by Gasteiger charge is -2.72. The van der Waals surface area contributed by atoms with Crippen LogP contribution >= 0.6 is 23.1 Å². The van der Waals surface area contributed by atoms with E-state index in [0.717, 1.165) is 83.6 Å². The van der Waals surface area contributed by atoms with Crippen molar-refractivity contribution >= 4 is 83.9 Å². The molecule has 3 aliphatic heterocycles. The standard InChI is InChI=1S/C74H95F3N10O10S4/c1-49-65(99-48-79-49)51-18-16-50(17-19-51)41-78-68(92)61-38-56(88)43-87(61)69(93)66(70(2,3)4)81-63(89)14-11-15-64(90)86-36-30-83(31-37-86)29-27-54(44-98-57-12-9-8-10-13-57)80-60-25-24-58(39-62(60)100(94,95)74(75,76)77)101(96,97)82-67(91)52-20-22-55(23-21-52)85-34-32-84(33-35-85)42-53-26-28-71(5,6)40-59(53)73-45-72(7,46-73)47-73/h8-10,12-13,16-25,39,48,54,56,61,66,80,88H,11,14-15,26-38,40-47H2,1-7H3,(H,78,92)(H,81,89)(H,82,91)/t54-,56-,61+,66-,72?,73?/m1/s1. The van der Waals surface area contributed by atoms with E-state index >= 15 is 0 Å². The number of carbonyl (C=O) groups excluding carboxylic acids is 5. The first kappa shape index (κ1) is 75.3. The Kier molecular flexibility index (Phi) is 22.7. The minimum absolute atomic E-state index is 0.0242. The van der Waals surface area contributed by atoms with Crippen LogP contribution in [0.4, 0.5) is 24.5 Å². The molecule has 3 saturated heterocycles. The summed E-state index contributed by atoms with van der Waals surface area (Å²) in [6.45, 7) is 20.8. The topological polar surface area (TPSA) is 251 Å². The lowest BCUT2D eigenvalue weighted by atomic mass is 9.33. The van der Waals surface area contributed by atoms with Gasteiger partial charge >= 0.3 is 5.51 Å². The number of β-amino-alcohol motifs (C(OH)–C–C–N with tert-alkyl or cyclic N) is 1. The summed E-state index contributed by atoms with van der Waals surface area (Å²) in [6, 6.07) is 23.0. The second kappa shape index (κ2) is 30.4. The highest BCUT2D eigenvalue weighted by atomic mass is 32.2. The molecule has 20 nitrogen and oxygen atoms in total. The Balaban J connectivity index is 0.659. The van der Waals surface area contributed by atoms with Crippen LogP contribution in [-0.2, 0) is 45.6 Å². The Bertz CT molecular complexity index is 4090. The van der Waals surface area contributed by atoms with Crippen molar-refractivity contribution in [3.05, 3.63) is 131 Å². The van der Waals surface area contributed by atoms with Crippen LogP contribution in [0, 0.1) is 28.6 Å². The number of thiazole rings is 1. The number of sulfone groups is 1. The predicted octanol–water partition coefficient (Wildman–Crippen LogP) is 10.4. The molecule has 101 heavy (non-hydrogen) atoms. The molecule has 7 aliphatic rings. The fourth-order valence-corrected chi connectivity index (χ4v) is 19.4. The molecule has 0 radical (unpaired) electrons. The van der Waals surface area contributed by atoms with Crippen LogP contribution in [0.3, 0.4) is 0 Å². The summed E-state index contributed by atoms with van der Waals surface area (Å²) in [6.07, 6.45) is 6.98. The van der Waals surface area contributed by atoms with E-state index in [1.807, 2.05) is 66.2 Å². The number of thioether (sulfide) groups is 1. The minimum atomic E-state index is -6.18. The average molecular weight is 1470 g/mol. The molecule has 4 aliphatic carbocycles. The van der Waals surface area contributed by atoms with Crippen LogP contribution in [0.5, 0.6) is 0 Å². The van der Waals surface area contributed by atoms with E-state index < -0.39 is 94.1 Å². The van der Waals surface area contributed by atoms with Gasteiger partial charge in [0.25, 0.3) is 25.8 Å². The number of amides is 5. The van der Waals surface area contributed by atoms with Crippen molar-refractivity contribution in [2.24, 2.45) is 21.7 Å². The van der Waals surface area contributed by atoms with Gasteiger partial charge < -0.3 is 35.8 Å². The summed E-state index contributed by atoms with van der Waals surface area (Å²) in [7, 11) is -11.1. The normalized spacial score (nSPS) is 22.6. The highest BCUT2D eigenvalue weighted by Crippen LogP contribution is 2.77. The van der Waals surface area contributed by atoms with Crippen molar-refractivity contribution < 1.29 is 59.1 Å². The highest BCUT2D eigenvalue weighted by molar-refractivity contribution is 7.99. The largest absolute Gasteiger partial charge is 0.501 e. The van der Waals surface area contributed by atoms with Crippen LogP contribution in [0.15, 0.2) is 128 Å². The third-order valence-electron chi connectivity index (χ3n) is 21.1. The molecule has 0 unspecified atom stereocenters. The molecule has 5 N–H and O–H groups in total. The zero-order valence-electron chi connectivity index (χ0n) is 58.7. The zero-order chi connectivity index (χ0) is 72.5. The number of aromatic nitrogens is 1. The Morgan fingerprint density at radius 1 is 0.822 bits per heavy atom. The molecule has 546 valence electrons. The van der Waals surface area contributed by atoms with Crippen molar-refractivity contribution in [3.63, 3.8) is 0 Å². The summed E-state index contributed by atoms with van der Waals surface area (Å²) in [4.78, 5) is 82.5. The fraction of sp³-hybridized carbons (Fsp3) is 0.541. The van der Waals surface area contributed by atoms with Gasteiger partial charge in [-0.1, -0.05) is 95.2 Å². The number of likely N-dealkylation sites (tertiary alicyclic amines) is 1. The van der Waals surface area contributed by atoms with Crippen molar-refractivity contribution in [2.75, 3.05) is 88.0 Å². The van der Waals surface area contributed by atoms with Crippen LogP contribution in [-0.4, -0.2) is 184 Å². The first-order valence-electron chi connectivity index (χ1n) is 35.0. The molecule has 12 rings (SSSR count). The number of nitrogens with zero attached hydrogens (tertiary/aromatic N) is 6. The second-order valence-corrected chi connectivity index (χ2v) is 36.2. The third-order valence-corrected chi connectivity index (χ3v) is 26.1. The van der Waals surface area contributed by atoms with Gasteiger partial charge in [-0.15, -0.1) is 23.1 Å². The first-order chi connectivity index (χ1) is 47.7. The molecule has 0 spiro atoms. The number of alkyl halides is 3. The minimum Gasteiger partial charge on any atom is -0.391 e. The number of rotatable bonds is 26. The molecule has 1 aromatic heterocycles. The maximum atomic E-state index is 14.6. The molecular formula is C74H95F3N10O10S4. The summed E-state index contributed by atoms with van der Waals surface area (Å²) in [5, 5.41) is 19.5. The molecule has 4 aromatic carbocycles. The summed E-state index contributed by atoms with van der Waals surface area (Å²) in [5.74, 6) is -2.38. The molecule has 27 heteroatoms. The van der Waals surface area contributed by atoms with Crippen LogP contribution in [0.2, 0.25) is 0 Å². The van der Waals surface area contributed by atoms with Gasteiger partial charge in [0.15, 0.2) is 0 Å². The van der Waals surface area contributed by atoms with Crippen LogP contribution < -0.4 is 25.6 Å². The number of halogens is 3. The molecule has 4 heterocycles. The number of carbonyl (C=O) groups is 5. The Labute approximate surface area is 600 Å². The molecule has 5 aromatic rings. The van der Waals surface area contributed by atoms with E-state index in [1.165, 1.54) is 60.9 Å². The molecule has 6 fully saturated rings. The maximum absolute atomic E-state index is 14.6. The van der Waals surface area contributed by atoms with Gasteiger partial charge in [-0.25, -0.2) is 26.5 Å². The number of aliphatic hydroxyl groups excluding tert-OH is 1. The number of piperazine rings is 2. The number of hydrogen-bond donors (Lipinski definition) is 5. The predicted molar refractivity (Wildman–Crippen MR) is 386 cm³/mol. The number of aliphatic hydroxyl groups is 1. The fourth-order valence-electron chi connectivity index (χ4n) is 15.6. The van der Waals surface area contributed by atoms with E-state index in [0.29, 0.717) is 55.0 Å². The monoisotopic (exact) mass is 1470 g/mol. The summed E-state index contributed by atoms with van der Waals surface area (Å²) >= 11 is 2.93. The quantitative estimate of drug-likeness (QED) is 0.0255. The number of sulfonamides is 1. The second-order valence-electron chi connectivity index (χ2n) is 30.7. The number of aryl methyl sites for hydroxylation is 1. The van der Waals surface area contributed by atoms with Gasteiger partial charge in [0, 0.05) is 126 Å². The maximum Gasteiger partial charge on any atom is 0.501 e. The molecule has 3 saturated carbocycles. The van der Waals surface area contributed by atoms with Crippen molar-refractivity contribution in [1.82, 2.24) is 39.9 Å². The van der Waals surface area contributed by atoms with Crippen molar-refractivity contribution in [1.29, 1.82) is 0 Å². The Morgan fingerprint density at radius 3 is 2.13 bits per heavy atom. The molecule has 5 amide bonds. The van der Waals surface area contributed by atoms with E-state index in [4.69, 9.17) is 0 Å². The number of hydrogen-bond acceptors (Lipinski definition) is 17. The van der Waals surface area contributed by atoms with Gasteiger partial charge in [0.1, 0.15) is 17.0 Å². The lowest BCUT2D eigenvalue weighted by molar-refractivity contribution is -0.167. The lowest BCUT2D eigenvalue weighted by Crippen LogP contribution is -2.61. The Morgan fingerprint density at radius 2 is 1.50 bits per heavy atom. The summed E-state index contributed by atoms with van der Waals surface area (Å²) in [5.41, 5.74) is 2.92. The number of anilines is 2. The molecular weight excluding hydrogens is 1370 g/mol. The van der Waals surface area contributed by atoms with E-state index in [-0.39, 0.29) is 62.4 Å². The number of allylic oxidation sites excluding steroid dienone is 1. The van der Waals surface area contributed by atoms with Crippen LogP contribution in [0.25, 0.3) is 10.4 Å². The van der Waals surface area contributed by atoms with Gasteiger partial charge in [-0.2, -0.15) is 13.2 Å². The van der Waals surface area contributed by atoms with E-state index in [9.17, 15) is 59.1 Å². The van der Waals surface area contributed by atoms with Crippen molar-refractivity contribution in [2.45, 2.75) is 170 Å². The number of nitrogens with one attached hydrogen (secondary N) is 4.